The van der Waals surface area contributed by atoms with Gasteiger partial charge in [0.15, 0.2) is 0 Å². The summed E-state index contributed by atoms with van der Waals surface area (Å²) in [6.45, 7) is 3.20. The Labute approximate surface area is 151 Å². The molecule has 0 aliphatic heterocycles. The van der Waals surface area contributed by atoms with Crippen molar-refractivity contribution in [2.24, 2.45) is 5.92 Å². The number of methoxy groups -OCH3 is 1. The molecule has 0 N–H and O–H groups in total. The van der Waals surface area contributed by atoms with Gasteiger partial charge in [0.2, 0.25) is 0 Å². The number of hydrogen-bond donors (Lipinski definition) is 0. The molecule has 2 atom stereocenters. The number of nitro groups is 1. The van der Waals surface area contributed by atoms with Gasteiger partial charge in [0.05, 0.1) is 23.9 Å². The third kappa shape index (κ3) is 6.03. The minimum atomic E-state index is -0.945. The van der Waals surface area contributed by atoms with Gasteiger partial charge in [0.1, 0.15) is 18.2 Å². The van der Waals surface area contributed by atoms with Gasteiger partial charge in [0, 0.05) is 31.6 Å². The minimum Gasteiger partial charge on any atom is -0.463 e. The first-order valence-corrected chi connectivity index (χ1v) is 8.23. The molecule has 0 aliphatic rings. The van der Waals surface area contributed by atoms with E-state index in [1.54, 1.807) is 13.0 Å². The van der Waals surface area contributed by atoms with Crippen LogP contribution in [0.3, 0.4) is 0 Å². The van der Waals surface area contributed by atoms with Crippen molar-refractivity contribution in [2.75, 3.05) is 20.3 Å². The molecule has 1 rings (SSSR count). The summed E-state index contributed by atoms with van der Waals surface area (Å²) in [7, 11) is 1.46. The number of carbonyl (C=O) groups is 3. The van der Waals surface area contributed by atoms with E-state index in [2.05, 4.69) is 0 Å². The molecule has 0 saturated heterocycles. The average molecular weight is 365 g/mol. The molecule has 1 aromatic carbocycles. The van der Waals surface area contributed by atoms with Crippen LogP contribution in [0.1, 0.15) is 38.2 Å². The number of non-ortho nitro benzene ring substituents is 1. The van der Waals surface area contributed by atoms with Crippen LogP contribution in [0, 0.1) is 16.0 Å². The van der Waals surface area contributed by atoms with Gasteiger partial charge < -0.3 is 9.47 Å². The van der Waals surface area contributed by atoms with Crippen LogP contribution in [0.5, 0.6) is 0 Å². The maximum absolute atomic E-state index is 12.5. The van der Waals surface area contributed by atoms with Gasteiger partial charge in [-0.05, 0) is 12.5 Å². The van der Waals surface area contributed by atoms with Crippen LogP contribution < -0.4 is 0 Å². The number of benzene rings is 1. The third-order valence-corrected chi connectivity index (χ3v) is 4.00. The average Bonchev–Trinajstić information content (AvgIpc) is 2.61. The molecule has 0 spiro atoms. The fourth-order valence-electron chi connectivity index (χ4n) is 2.67. The highest BCUT2D eigenvalue weighted by Crippen LogP contribution is 2.32. The highest BCUT2D eigenvalue weighted by atomic mass is 16.6. The number of rotatable bonds is 11. The van der Waals surface area contributed by atoms with Gasteiger partial charge in [-0.2, -0.15) is 0 Å². The Morgan fingerprint density at radius 2 is 1.92 bits per heavy atom. The SMILES string of the molecule is CCC(=O)C(c1cccc([N+](=O)[O-])c1)C(CC(=O)OCCOC)C(C)=O. The lowest BCUT2D eigenvalue weighted by atomic mass is 9.78. The molecule has 8 nitrogen and oxygen atoms in total. The largest absolute Gasteiger partial charge is 0.463 e. The van der Waals surface area contributed by atoms with Crippen LogP contribution in [-0.4, -0.2) is 42.8 Å². The number of Topliss-reactive ketones (excluding diaryl/α,β-unsaturated/α-hetero) is 2. The zero-order valence-corrected chi connectivity index (χ0v) is 15.1. The van der Waals surface area contributed by atoms with Gasteiger partial charge in [-0.1, -0.05) is 19.1 Å². The predicted octanol–water partition coefficient (Wildman–Crippen LogP) is 2.44. The molecule has 0 amide bonds. The Morgan fingerprint density at radius 3 is 2.46 bits per heavy atom. The fraction of sp³-hybridized carbons (Fsp3) is 0.500. The molecule has 0 aliphatic carbocycles. The minimum absolute atomic E-state index is 0.0448. The second kappa shape index (κ2) is 10.4. The molecule has 0 aromatic heterocycles. The van der Waals surface area contributed by atoms with E-state index in [1.807, 2.05) is 0 Å². The van der Waals surface area contributed by atoms with E-state index < -0.39 is 22.7 Å². The van der Waals surface area contributed by atoms with E-state index in [9.17, 15) is 24.5 Å². The number of ketones is 2. The molecule has 0 bridgehead atoms. The number of carbonyl (C=O) groups excluding carboxylic acids is 3. The molecule has 8 heteroatoms. The Bertz CT molecular complexity index is 671. The second-order valence-electron chi connectivity index (χ2n) is 5.78. The maximum Gasteiger partial charge on any atom is 0.306 e. The fourth-order valence-corrected chi connectivity index (χ4v) is 2.67. The van der Waals surface area contributed by atoms with Crippen LogP contribution in [0.25, 0.3) is 0 Å². The Kier molecular flexibility index (Phi) is 8.57. The first kappa shape index (κ1) is 21.4. The van der Waals surface area contributed by atoms with Crippen molar-refractivity contribution in [1.29, 1.82) is 0 Å². The predicted molar refractivity (Wildman–Crippen MR) is 92.8 cm³/mol. The van der Waals surface area contributed by atoms with Crippen LogP contribution in [0.2, 0.25) is 0 Å². The van der Waals surface area contributed by atoms with Gasteiger partial charge >= 0.3 is 5.97 Å². The summed E-state index contributed by atoms with van der Waals surface area (Å²) in [6.07, 6.45) is -0.145. The number of nitrogens with zero attached hydrogens (tertiary/aromatic N) is 1. The standard InChI is InChI=1S/C18H23NO7/c1-4-16(21)18(13-6-5-7-14(10-13)19(23)24)15(12(2)20)11-17(22)26-9-8-25-3/h5-7,10,15,18H,4,8-9,11H2,1-3H3. The van der Waals surface area contributed by atoms with E-state index in [0.29, 0.717) is 5.56 Å². The van der Waals surface area contributed by atoms with Crippen molar-refractivity contribution in [3.8, 4) is 0 Å². The van der Waals surface area contributed by atoms with Crippen LogP contribution in [-0.2, 0) is 23.9 Å². The van der Waals surface area contributed by atoms with E-state index in [-0.39, 0.29) is 43.3 Å². The molecule has 0 fully saturated rings. The summed E-state index contributed by atoms with van der Waals surface area (Å²) in [4.78, 5) is 47.1. The zero-order chi connectivity index (χ0) is 19.7. The number of hydrogen-bond acceptors (Lipinski definition) is 7. The Morgan fingerprint density at radius 1 is 1.23 bits per heavy atom. The van der Waals surface area contributed by atoms with Gasteiger partial charge in [0.25, 0.3) is 5.69 Å². The highest BCUT2D eigenvalue weighted by molar-refractivity contribution is 5.94. The second-order valence-corrected chi connectivity index (χ2v) is 5.78. The summed E-state index contributed by atoms with van der Waals surface area (Å²) in [5, 5.41) is 11.0. The molecular formula is C18H23NO7. The molecule has 2 unspecified atom stereocenters. The lowest BCUT2D eigenvalue weighted by Gasteiger charge is -2.23. The van der Waals surface area contributed by atoms with Crippen LogP contribution in [0.15, 0.2) is 24.3 Å². The number of ether oxygens (including phenoxy) is 2. The van der Waals surface area contributed by atoms with E-state index in [4.69, 9.17) is 9.47 Å². The molecule has 0 heterocycles. The molecule has 0 radical (unpaired) electrons. The zero-order valence-electron chi connectivity index (χ0n) is 15.1. The summed E-state index contributed by atoms with van der Waals surface area (Å²) >= 11 is 0. The van der Waals surface area contributed by atoms with Crippen molar-refractivity contribution < 1.29 is 28.8 Å². The molecule has 26 heavy (non-hydrogen) atoms. The quantitative estimate of drug-likeness (QED) is 0.256. The van der Waals surface area contributed by atoms with Gasteiger partial charge in [-0.25, -0.2) is 0 Å². The molecule has 1 aromatic rings. The molecule has 142 valence electrons. The Hall–Kier alpha value is -2.61. The number of nitro benzene ring substituents is 1. The van der Waals surface area contributed by atoms with Crippen molar-refractivity contribution in [1.82, 2.24) is 0 Å². The van der Waals surface area contributed by atoms with Gasteiger partial charge in [-0.15, -0.1) is 0 Å². The highest BCUT2D eigenvalue weighted by Gasteiger charge is 2.34. The smallest absolute Gasteiger partial charge is 0.306 e. The monoisotopic (exact) mass is 365 g/mol. The van der Waals surface area contributed by atoms with Crippen molar-refractivity contribution in [2.45, 2.75) is 32.6 Å². The lowest BCUT2D eigenvalue weighted by molar-refractivity contribution is -0.384. The molecular weight excluding hydrogens is 342 g/mol. The summed E-state index contributed by atoms with van der Waals surface area (Å²) < 4.78 is 9.78. The summed E-state index contributed by atoms with van der Waals surface area (Å²) in [6, 6.07) is 5.58. The summed E-state index contributed by atoms with van der Waals surface area (Å²) in [5.41, 5.74) is 0.164. The lowest BCUT2D eigenvalue weighted by Crippen LogP contribution is -2.29. The first-order valence-electron chi connectivity index (χ1n) is 8.23. The van der Waals surface area contributed by atoms with E-state index >= 15 is 0 Å². The van der Waals surface area contributed by atoms with E-state index in [1.165, 1.54) is 32.2 Å². The summed E-state index contributed by atoms with van der Waals surface area (Å²) in [5.74, 6) is -3.13. The van der Waals surface area contributed by atoms with Crippen molar-refractivity contribution in [3.63, 3.8) is 0 Å². The van der Waals surface area contributed by atoms with Crippen molar-refractivity contribution >= 4 is 23.2 Å². The maximum atomic E-state index is 12.5. The van der Waals surface area contributed by atoms with E-state index in [0.717, 1.165) is 0 Å². The third-order valence-electron chi connectivity index (χ3n) is 4.00. The topological polar surface area (TPSA) is 113 Å². The first-order chi connectivity index (χ1) is 12.3. The van der Waals surface area contributed by atoms with Crippen LogP contribution in [0.4, 0.5) is 5.69 Å². The van der Waals surface area contributed by atoms with Crippen LogP contribution >= 0.6 is 0 Å². The Balaban J connectivity index is 3.16. The number of esters is 1. The normalized spacial score (nSPS) is 12.9. The van der Waals surface area contributed by atoms with Crippen molar-refractivity contribution in [3.05, 3.63) is 39.9 Å². The molecule has 0 saturated carbocycles. The van der Waals surface area contributed by atoms with Gasteiger partial charge in [-0.3, -0.25) is 24.5 Å².